The van der Waals surface area contributed by atoms with Crippen LogP contribution in [0.2, 0.25) is 0 Å². The first-order chi connectivity index (χ1) is 13.5. The van der Waals surface area contributed by atoms with Gasteiger partial charge in [0.05, 0.1) is 17.1 Å². The lowest BCUT2D eigenvalue weighted by Crippen LogP contribution is -2.17. The minimum atomic E-state index is -3.62. The van der Waals surface area contributed by atoms with Gasteiger partial charge in [0.15, 0.2) is 21.4 Å². The van der Waals surface area contributed by atoms with Crippen molar-refractivity contribution in [2.45, 2.75) is 17.9 Å². The van der Waals surface area contributed by atoms with E-state index < -0.39 is 15.1 Å². The van der Waals surface area contributed by atoms with E-state index >= 15 is 0 Å². The Bertz CT molecular complexity index is 1170. The van der Waals surface area contributed by atoms with Crippen molar-refractivity contribution < 1.29 is 12.9 Å². The summed E-state index contributed by atoms with van der Waals surface area (Å²) in [5.41, 5.74) is 1.86. The fourth-order valence-corrected chi connectivity index (χ4v) is 4.08. The smallest absolute Gasteiger partial charge is 0.174 e. The zero-order chi connectivity index (χ0) is 19.6. The number of rotatable bonds is 6. The first-order valence-electron chi connectivity index (χ1n) is 8.61. The molecule has 0 saturated heterocycles. The van der Waals surface area contributed by atoms with Crippen molar-refractivity contribution in [3.8, 4) is 17.0 Å². The van der Waals surface area contributed by atoms with Gasteiger partial charge < -0.3 is 4.52 Å². The lowest BCUT2D eigenvalue weighted by Gasteiger charge is -2.11. The SMILES string of the molecule is C[C@H](c1nnnn1-c1ccccc1)S(=O)(=O)Cc1cc(-c2ccccc2)on1. The summed E-state index contributed by atoms with van der Waals surface area (Å²) in [6, 6.07) is 20.2. The molecule has 2 heterocycles. The molecule has 2 aromatic heterocycles. The van der Waals surface area contributed by atoms with Crippen LogP contribution in [0, 0.1) is 0 Å². The molecule has 28 heavy (non-hydrogen) atoms. The Morgan fingerprint density at radius 2 is 1.71 bits per heavy atom. The van der Waals surface area contributed by atoms with Crippen LogP contribution >= 0.6 is 0 Å². The molecule has 0 unspecified atom stereocenters. The largest absolute Gasteiger partial charge is 0.356 e. The Labute approximate surface area is 161 Å². The molecule has 0 aliphatic heterocycles. The van der Waals surface area contributed by atoms with Gasteiger partial charge in [-0.1, -0.05) is 53.7 Å². The van der Waals surface area contributed by atoms with Crippen LogP contribution in [0.4, 0.5) is 0 Å². The van der Waals surface area contributed by atoms with Gasteiger partial charge in [0.2, 0.25) is 0 Å². The second kappa shape index (κ2) is 7.35. The Morgan fingerprint density at radius 3 is 2.43 bits per heavy atom. The van der Waals surface area contributed by atoms with E-state index in [9.17, 15) is 8.42 Å². The van der Waals surface area contributed by atoms with Crippen LogP contribution in [0.25, 0.3) is 17.0 Å². The molecule has 1 atom stereocenters. The van der Waals surface area contributed by atoms with Crippen LogP contribution in [0.1, 0.15) is 23.7 Å². The highest BCUT2D eigenvalue weighted by Crippen LogP contribution is 2.26. The predicted octanol–water partition coefficient (Wildman–Crippen LogP) is 2.99. The van der Waals surface area contributed by atoms with Crippen LogP contribution < -0.4 is 0 Å². The number of tetrazole rings is 1. The third-order valence-corrected chi connectivity index (χ3v) is 6.35. The summed E-state index contributed by atoms with van der Waals surface area (Å²) in [4.78, 5) is 0. The lowest BCUT2D eigenvalue weighted by atomic mass is 10.2. The molecule has 0 bridgehead atoms. The second-order valence-electron chi connectivity index (χ2n) is 6.28. The quantitative estimate of drug-likeness (QED) is 0.494. The summed E-state index contributed by atoms with van der Waals surface area (Å²) in [6.07, 6.45) is 0. The highest BCUT2D eigenvalue weighted by atomic mass is 32.2. The molecule has 0 aliphatic rings. The Hall–Kier alpha value is -3.33. The average Bonchev–Trinajstić information content (AvgIpc) is 3.38. The zero-order valence-corrected chi connectivity index (χ0v) is 15.8. The number of benzene rings is 2. The number of para-hydroxylation sites is 1. The summed E-state index contributed by atoms with van der Waals surface area (Å²) in [5, 5.41) is 14.5. The molecule has 2 aromatic carbocycles. The number of sulfone groups is 1. The van der Waals surface area contributed by atoms with Crippen molar-refractivity contribution in [3.05, 3.63) is 78.2 Å². The standard InChI is InChI=1S/C19H17N5O3S/c1-14(19-20-22-23-24(19)17-10-6-3-7-11-17)28(25,26)13-16-12-18(27-21-16)15-8-4-2-5-9-15/h2-12,14H,13H2,1H3/t14-/m1/s1. The molecule has 0 spiro atoms. The lowest BCUT2D eigenvalue weighted by molar-refractivity contribution is 0.425. The minimum Gasteiger partial charge on any atom is -0.356 e. The van der Waals surface area contributed by atoms with Crippen molar-refractivity contribution >= 4 is 9.84 Å². The monoisotopic (exact) mass is 395 g/mol. The Morgan fingerprint density at radius 1 is 1.04 bits per heavy atom. The van der Waals surface area contributed by atoms with E-state index in [0.717, 1.165) is 5.56 Å². The van der Waals surface area contributed by atoms with Gasteiger partial charge in [0.1, 0.15) is 5.25 Å². The first kappa shape index (κ1) is 18.1. The summed E-state index contributed by atoms with van der Waals surface area (Å²) in [5.74, 6) is 0.497. The van der Waals surface area contributed by atoms with Gasteiger partial charge in [-0.2, -0.15) is 4.68 Å². The maximum absolute atomic E-state index is 12.9. The molecule has 9 heteroatoms. The van der Waals surface area contributed by atoms with Gasteiger partial charge in [0, 0.05) is 11.6 Å². The minimum absolute atomic E-state index is 0.248. The van der Waals surface area contributed by atoms with E-state index in [2.05, 4.69) is 20.7 Å². The van der Waals surface area contributed by atoms with Crippen molar-refractivity contribution in [2.75, 3.05) is 0 Å². The predicted molar refractivity (Wildman–Crippen MR) is 102 cm³/mol. The van der Waals surface area contributed by atoms with Crippen LogP contribution in [0.15, 0.2) is 71.3 Å². The highest BCUT2D eigenvalue weighted by Gasteiger charge is 2.30. The second-order valence-corrected chi connectivity index (χ2v) is 8.60. The van der Waals surface area contributed by atoms with E-state index in [1.54, 1.807) is 13.0 Å². The zero-order valence-electron chi connectivity index (χ0n) is 15.0. The van der Waals surface area contributed by atoms with Crippen LogP contribution in [-0.4, -0.2) is 33.8 Å². The average molecular weight is 395 g/mol. The third-order valence-electron chi connectivity index (χ3n) is 4.36. The molecular formula is C19H17N5O3S. The van der Waals surface area contributed by atoms with Crippen LogP contribution in [0.5, 0.6) is 0 Å². The third kappa shape index (κ3) is 3.56. The van der Waals surface area contributed by atoms with Crippen LogP contribution in [-0.2, 0) is 15.6 Å². The van der Waals surface area contributed by atoms with Gasteiger partial charge in [-0.3, -0.25) is 0 Å². The Balaban J connectivity index is 1.58. The molecule has 0 fully saturated rings. The number of aromatic nitrogens is 5. The van der Waals surface area contributed by atoms with Crippen LogP contribution in [0.3, 0.4) is 0 Å². The molecule has 0 saturated carbocycles. The van der Waals surface area contributed by atoms with E-state index in [1.165, 1.54) is 4.68 Å². The van der Waals surface area contributed by atoms with Gasteiger partial charge >= 0.3 is 0 Å². The van der Waals surface area contributed by atoms with Crippen molar-refractivity contribution in [2.24, 2.45) is 0 Å². The van der Waals surface area contributed by atoms with Gasteiger partial charge in [0.25, 0.3) is 0 Å². The topological polar surface area (TPSA) is 104 Å². The van der Waals surface area contributed by atoms with E-state index in [0.29, 0.717) is 17.1 Å². The number of nitrogens with zero attached hydrogens (tertiary/aromatic N) is 5. The molecule has 0 radical (unpaired) electrons. The molecule has 4 rings (SSSR count). The first-order valence-corrected chi connectivity index (χ1v) is 10.3. The summed E-state index contributed by atoms with van der Waals surface area (Å²) in [7, 11) is -3.62. The normalized spacial score (nSPS) is 12.8. The Kier molecular flexibility index (Phi) is 4.74. The molecular weight excluding hydrogens is 378 g/mol. The van der Waals surface area contributed by atoms with Crippen molar-refractivity contribution in [1.82, 2.24) is 25.4 Å². The fourth-order valence-electron chi connectivity index (χ4n) is 2.81. The van der Waals surface area contributed by atoms with Gasteiger partial charge in [-0.05, 0) is 29.5 Å². The molecule has 8 nitrogen and oxygen atoms in total. The molecule has 0 amide bonds. The van der Waals surface area contributed by atoms with E-state index in [4.69, 9.17) is 4.52 Å². The summed E-state index contributed by atoms with van der Waals surface area (Å²) < 4.78 is 32.6. The highest BCUT2D eigenvalue weighted by molar-refractivity contribution is 7.90. The number of hydrogen-bond donors (Lipinski definition) is 0. The maximum atomic E-state index is 12.9. The van der Waals surface area contributed by atoms with Gasteiger partial charge in [-0.25, -0.2) is 8.42 Å². The van der Waals surface area contributed by atoms with E-state index in [1.807, 2.05) is 60.7 Å². The van der Waals surface area contributed by atoms with Crippen molar-refractivity contribution in [3.63, 3.8) is 0 Å². The molecule has 0 N–H and O–H groups in total. The number of hydrogen-bond acceptors (Lipinski definition) is 7. The molecule has 0 aliphatic carbocycles. The van der Waals surface area contributed by atoms with Crippen molar-refractivity contribution in [1.29, 1.82) is 0 Å². The fraction of sp³-hybridized carbons (Fsp3) is 0.158. The van der Waals surface area contributed by atoms with E-state index in [-0.39, 0.29) is 11.6 Å². The molecule has 4 aromatic rings. The summed E-state index contributed by atoms with van der Waals surface area (Å²) in [6.45, 7) is 1.57. The summed E-state index contributed by atoms with van der Waals surface area (Å²) >= 11 is 0. The van der Waals surface area contributed by atoms with Gasteiger partial charge in [-0.15, -0.1) is 5.10 Å². The molecule has 142 valence electrons. The maximum Gasteiger partial charge on any atom is 0.174 e.